The number of nitrogens with zero attached hydrogens (tertiary/aromatic N) is 1. The average Bonchev–Trinajstić information content (AvgIpc) is 3.22. The van der Waals surface area contributed by atoms with E-state index in [0.29, 0.717) is 5.41 Å². The van der Waals surface area contributed by atoms with Crippen molar-refractivity contribution in [2.75, 3.05) is 26.2 Å². The number of hydrogen-bond donors (Lipinski definition) is 1. The van der Waals surface area contributed by atoms with Gasteiger partial charge in [-0.15, -0.1) is 0 Å². The monoisotopic (exact) mass is 292 g/mol. The van der Waals surface area contributed by atoms with Gasteiger partial charge in [0.25, 0.3) is 0 Å². The molecule has 0 amide bonds. The molecule has 2 heteroatoms. The second-order valence-corrected chi connectivity index (χ2v) is 8.57. The molecule has 0 aromatic carbocycles. The van der Waals surface area contributed by atoms with Gasteiger partial charge in [0.05, 0.1) is 0 Å². The normalized spacial score (nSPS) is 30.7. The van der Waals surface area contributed by atoms with Gasteiger partial charge in [-0.2, -0.15) is 0 Å². The Balaban J connectivity index is 1.52. The van der Waals surface area contributed by atoms with E-state index in [9.17, 15) is 0 Å². The molecule has 2 saturated carbocycles. The van der Waals surface area contributed by atoms with Gasteiger partial charge in [0.2, 0.25) is 0 Å². The van der Waals surface area contributed by atoms with E-state index in [1.807, 2.05) is 0 Å². The first-order valence-corrected chi connectivity index (χ1v) is 9.63. The molecule has 21 heavy (non-hydrogen) atoms. The van der Waals surface area contributed by atoms with Crippen molar-refractivity contribution in [2.24, 2.45) is 17.3 Å². The molecule has 3 fully saturated rings. The average molecular weight is 293 g/mol. The van der Waals surface area contributed by atoms with Gasteiger partial charge in [0, 0.05) is 19.1 Å². The minimum Gasteiger partial charge on any atom is -0.313 e. The molecule has 0 radical (unpaired) electrons. The van der Waals surface area contributed by atoms with E-state index in [-0.39, 0.29) is 0 Å². The Hall–Kier alpha value is -0.0800. The van der Waals surface area contributed by atoms with Gasteiger partial charge >= 0.3 is 0 Å². The van der Waals surface area contributed by atoms with Crippen molar-refractivity contribution in [3.8, 4) is 0 Å². The van der Waals surface area contributed by atoms with Crippen LogP contribution in [0, 0.1) is 17.3 Å². The fourth-order valence-electron chi connectivity index (χ4n) is 4.64. The minimum absolute atomic E-state index is 0.611. The first-order chi connectivity index (χ1) is 10.2. The summed E-state index contributed by atoms with van der Waals surface area (Å²) in [6, 6.07) is 0.872. The van der Waals surface area contributed by atoms with E-state index in [0.717, 1.165) is 17.9 Å². The van der Waals surface area contributed by atoms with E-state index >= 15 is 0 Å². The SMILES string of the molecule is CC(C)C1CCCN(CC2(CNC3CC3)CCCC2)CC1. The topological polar surface area (TPSA) is 15.3 Å². The largest absolute Gasteiger partial charge is 0.313 e. The zero-order valence-electron chi connectivity index (χ0n) is 14.4. The summed E-state index contributed by atoms with van der Waals surface area (Å²) in [4.78, 5) is 2.82. The molecule has 1 heterocycles. The van der Waals surface area contributed by atoms with Crippen molar-refractivity contribution in [1.29, 1.82) is 0 Å². The highest BCUT2D eigenvalue weighted by atomic mass is 15.1. The van der Waals surface area contributed by atoms with Crippen LogP contribution in [0.3, 0.4) is 0 Å². The molecule has 0 bridgehead atoms. The van der Waals surface area contributed by atoms with Crippen molar-refractivity contribution in [2.45, 2.75) is 77.7 Å². The Morgan fingerprint density at radius 3 is 2.43 bits per heavy atom. The lowest BCUT2D eigenvalue weighted by molar-refractivity contribution is 0.149. The molecule has 2 nitrogen and oxygen atoms in total. The Kier molecular flexibility index (Phi) is 5.27. The molecule has 1 atom stereocenters. The van der Waals surface area contributed by atoms with Crippen LogP contribution in [0.4, 0.5) is 0 Å². The third-order valence-electron chi connectivity index (χ3n) is 6.37. The third kappa shape index (κ3) is 4.45. The second kappa shape index (κ2) is 7.00. The number of hydrogen-bond acceptors (Lipinski definition) is 2. The van der Waals surface area contributed by atoms with Crippen LogP contribution in [-0.2, 0) is 0 Å². The molecule has 1 N–H and O–H groups in total. The van der Waals surface area contributed by atoms with Gasteiger partial charge in [-0.05, 0) is 75.3 Å². The summed E-state index contributed by atoms with van der Waals surface area (Å²) < 4.78 is 0. The van der Waals surface area contributed by atoms with Crippen LogP contribution in [0.25, 0.3) is 0 Å². The van der Waals surface area contributed by atoms with E-state index in [1.54, 1.807) is 0 Å². The van der Waals surface area contributed by atoms with Crippen molar-refractivity contribution in [3.05, 3.63) is 0 Å². The zero-order valence-corrected chi connectivity index (χ0v) is 14.4. The Morgan fingerprint density at radius 2 is 1.76 bits per heavy atom. The summed E-state index contributed by atoms with van der Waals surface area (Å²) in [6.07, 6.45) is 13.0. The fraction of sp³-hybridized carbons (Fsp3) is 1.00. The Morgan fingerprint density at radius 1 is 1.00 bits per heavy atom. The van der Waals surface area contributed by atoms with E-state index < -0.39 is 0 Å². The Bertz CT molecular complexity index is 316. The maximum atomic E-state index is 3.84. The minimum atomic E-state index is 0.611. The quantitative estimate of drug-likeness (QED) is 0.794. The van der Waals surface area contributed by atoms with Crippen LogP contribution in [0.2, 0.25) is 0 Å². The van der Waals surface area contributed by atoms with Gasteiger partial charge in [-0.3, -0.25) is 0 Å². The lowest BCUT2D eigenvalue weighted by Crippen LogP contribution is -2.43. The van der Waals surface area contributed by atoms with Crippen molar-refractivity contribution >= 4 is 0 Å². The summed E-state index contributed by atoms with van der Waals surface area (Å²) in [5.74, 6) is 1.85. The van der Waals surface area contributed by atoms with Crippen LogP contribution in [0.5, 0.6) is 0 Å². The van der Waals surface area contributed by atoms with Gasteiger partial charge in [0.1, 0.15) is 0 Å². The summed E-state index contributed by atoms with van der Waals surface area (Å²) in [5, 5.41) is 3.84. The lowest BCUT2D eigenvalue weighted by atomic mass is 9.85. The van der Waals surface area contributed by atoms with Crippen LogP contribution in [-0.4, -0.2) is 37.1 Å². The fourth-order valence-corrected chi connectivity index (χ4v) is 4.64. The first-order valence-electron chi connectivity index (χ1n) is 9.63. The molecule has 3 aliphatic rings. The summed E-state index contributed by atoms with van der Waals surface area (Å²) >= 11 is 0. The molecular weight excluding hydrogens is 256 g/mol. The molecule has 3 rings (SSSR count). The van der Waals surface area contributed by atoms with Crippen molar-refractivity contribution in [3.63, 3.8) is 0 Å². The summed E-state index contributed by atoms with van der Waals surface area (Å²) in [7, 11) is 0. The molecular formula is C19H36N2. The summed E-state index contributed by atoms with van der Waals surface area (Å²) in [6.45, 7) is 10.2. The van der Waals surface area contributed by atoms with Gasteiger partial charge in [0.15, 0.2) is 0 Å². The molecule has 1 saturated heterocycles. The summed E-state index contributed by atoms with van der Waals surface area (Å²) in [5.41, 5.74) is 0.611. The van der Waals surface area contributed by atoms with Crippen molar-refractivity contribution < 1.29 is 0 Å². The van der Waals surface area contributed by atoms with Crippen molar-refractivity contribution in [1.82, 2.24) is 10.2 Å². The van der Waals surface area contributed by atoms with Gasteiger partial charge in [-0.25, -0.2) is 0 Å². The lowest BCUT2D eigenvalue weighted by Gasteiger charge is -2.35. The first kappa shape index (κ1) is 15.8. The standard InChI is InChI=1S/C19H36N2/c1-16(2)17-6-5-12-21(13-9-17)15-19(10-3-4-11-19)14-20-18-7-8-18/h16-18,20H,3-15H2,1-2H3. The van der Waals surface area contributed by atoms with Gasteiger partial charge < -0.3 is 10.2 Å². The third-order valence-corrected chi connectivity index (χ3v) is 6.37. The molecule has 1 aliphatic heterocycles. The zero-order chi connectivity index (χ0) is 14.7. The molecule has 0 spiro atoms. The molecule has 0 aromatic rings. The molecule has 122 valence electrons. The van der Waals surface area contributed by atoms with Crippen LogP contribution in [0.15, 0.2) is 0 Å². The van der Waals surface area contributed by atoms with Crippen LogP contribution >= 0.6 is 0 Å². The number of nitrogens with one attached hydrogen (secondary N) is 1. The molecule has 2 aliphatic carbocycles. The molecule has 0 aromatic heterocycles. The van der Waals surface area contributed by atoms with Gasteiger partial charge in [-0.1, -0.05) is 26.7 Å². The second-order valence-electron chi connectivity index (χ2n) is 8.57. The Labute approximate surface area is 132 Å². The number of likely N-dealkylation sites (tertiary alicyclic amines) is 1. The highest BCUT2D eigenvalue weighted by Gasteiger charge is 2.37. The van der Waals surface area contributed by atoms with E-state index in [4.69, 9.17) is 0 Å². The predicted molar refractivity (Wildman–Crippen MR) is 90.5 cm³/mol. The molecule has 1 unspecified atom stereocenters. The van der Waals surface area contributed by atoms with Crippen LogP contribution < -0.4 is 5.32 Å². The highest BCUT2D eigenvalue weighted by Crippen LogP contribution is 2.39. The predicted octanol–water partition coefficient (Wildman–Crippen LogP) is 4.06. The number of rotatable bonds is 6. The van der Waals surface area contributed by atoms with E-state index in [2.05, 4.69) is 24.1 Å². The van der Waals surface area contributed by atoms with Crippen LogP contribution in [0.1, 0.15) is 71.6 Å². The maximum Gasteiger partial charge on any atom is 0.00684 e. The highest BCUT2D eigenvalue weighted by molar-refractivity contribution is 4.93. The van der Waals surface area contributed by atoms with E-state index in [1.165, 1.54) is 84.0 Å². The smallest absolute Gasteiger partial charge is 0.00684 e. The maximum absolute atomic E-state index is 3.84.